The van der Waals surface area contributed by atoms with Gasteiger partial charge in [-0.1, -0.05) is 0 Å². The van der Waals surface area contributed by atoms with Gasteiger partial charge in [-0.15, -0.1) is 0 Å². The van der Waals surface area contributed by atoms with E-state index in [-0.39, 0.29) is 0 Å². The molecule has 1 saturated heterocycles. The van der Waals surface area contributed by atoms with E-state index >= 15 is 0 Å². The van der Waals surface area contributed by atoms with Crippen LogP contribution in [0.15, 0.2) is 0 Å². The second-order valence-electron chi connectivity index (χ2n) is 3.08. The highest BCUT2D eigenvalue weighted by molar-refractivity contribution is 7.63. The lowest BCUT2D eigenvalue weighted by molar-refractivity contribution is 0.574. The van der Waals surface area contributed by atoms with Gasteiger partial charge in [0.1, 0.15) is 0 Å². The van der Waals surface area contributed by atoms with Gasteiger partial charge in [-0.05, 0) is 26.3 Å². The zero-order chi connectivity index (χ0) is 6.91. The third-order valence-electron chi connectivity index (χ3n) is 1.91. The van der Waals surface area contributed by atoms with E-state index in [1.165, 1.54) is 0 Å². The van der Waals surface area contributed by atoms with E-state index in [2.05, 4.69) is 5.32 Å². The molecule has 0 aromatic carbocycles. The van der Waals surface area contributed by atoms with Gasteiger partial charge < -0.3 is 9.88 Å². The molecule has 1 rings (SSSR count). The first-order valence-electron chi connectivity index (χ1n) is 3.36. The maximum absolute atomic E-state index is 11.4. The van der Waals surface area contributed by atoms with Crippen molar-refractivity contribution in [3.05, 3.63) is 0 Å². The first-order valence-corrected chi connectivity index (χ1v) is 6.03. The highest BCUT2D eigenvalue weighted by Crippen LogP contribution is 2.44. The average molecular weight is 147 g/mol. The molecule has 0 bridgehead atoms. The second kappa shape index (κ2) is 2.43. The third kappa shape index (κ3) is 1.80. The predicted molar refractivity (Wildman–Crippen MR) is 40.7 cm³/mol. The normalized spacial score (nSPS) is 28.9. The molecule has 0 spiro atoms. The molecule has 0 saturated carbocycles. The molecular weight excluding hydrogens is 133 g/mol. The third-order valence-corrected chi connectivity index (χ3v) is 4.11. The molecule has 54 valence electrons. The second-order valence-corrected chi connectivity index (χ2v) is 6.68. The molecule has 0 amide bonds. The van der Waals surface area contributed by atoms with Crippen LogP contribution in [-0.2, 0) is 4.57 Å². The molecule has 1 aliphatic heterocycles. The van der Waals surface area contributed by atoms with Gasteiger partial charge in [0.2, 0.25) is 0 Å². The van der Waals surface area contributed by atoms with Crippen LogP contribution in [0.1, 0.15) is 6.42 Å². The van der Waals surface area contributed by atoms with E-state index in [1.807, 2.05) is 13.3 Å². The Balaban J connectivity index is 2.52. The number of nitrogens with one attached hydrogen (secondary N) is 1. The predicted octanol–water partition coefficient (Wildman–Crippen LogP) is 0.971. The molecule has 2 nitrogen and oxygen atoms in total. The first kappa shape index (κ1) is 7.30. The molecule has 1 N–H and O–H groups in total. The monoisotopic (exact) mass is 147 g/mol. The molecule has 1 heterocycles. The molecular formula is C6H14NOP. The summed E-state index contributed by atoms with van der Waals surface area (Å²) in [5, 5.41) is 3.21. The fourth-order valence-corrected chi connectivity index (χ4v) is 2.49. The summed E-state index contributed by atoms with van der Waals surface area (Å²) in [6.45, 7) is 5.77. The smallest absolute Gasteiger partial charge is 0.0861 e. The van der Waals surface area contributed by atoms with Crippen LogP contribution in [0.2, 0.25) is 0 Å². The highest BCUT2D eigenvalue weighted by Gasteiger charge is 2.25. The summed E-state index contributed by atoms with van der Waals surface area (Å²) in [7, 11) is -1.78. The van der Waals surface area contributed by atoms with Crippen molar-refractivity contribution in [2.45, 2.75) is 12.1 Å². The maximum atomic E-state index is 11.4. The van der Waals surface area contributed by atoms with Crippen molar-refractivity contribution in [3.8, 4) is 0 Å². The van der Waals surface area contributed by atoms with Crippen LogP contribution >= 0.6 is 7.14 Å². The fraction of sp³-hybridized carbons (Fsp3) is 1.00. The number of rotatable bonds is 1. The SMILES string of the molecule is CP(C)(=O)C1CCNC1. The lowest BCUT2D eigenvalue weighted by atomic mass is 10.4. The van der Waals surface area contributed by atoms with Gasteiger partial charge in [0, 0.05) is 12.2 Å². The van der Waals surface area contributed by atoms with Gasteiger partial charge in [-0.3, -0.25) is 0 Å². The quantitative estimate of drug-likeness (QED) is 0.560. The van der Waals surface area contributed by atoms with Crippen LogP contribution < -0.4 is 5.32 Å². The van der Waals surface area contributed by atoms with Gasteiger partial charge in [0.05, 0.1) is 7.14 Å². The Hall–Kier alpha value is 0.190. The Bertz CT molecular complexity index is 134. The molecule has 1 aliphatic rings. The molecule has 9 heavy (non-hydrogen) atoms. The molecule has 0 aliphatic carbocycles. The molecule has 3 heteroatoms. The summed E-state index contributed by atoms with van der Waals surface area (Å²) in [6, 6.07) is 0. The van der Waals surface area contributed by atoms with Crippen molar-refractivity contribution in [2.75, 3.05) is 26.4 Å². The summed E-state index contributed by atoms with van der Waals surface area (Å²) in [5.74, 6) is 0. The molecule has 0 aromatic heterocycles. The van der Waals surface area contributed by atoms with E-state index in [9.17, 15) is 4.57 Å². The Kier molecular flexibility index (Phi) is 1.97. The first-order chi connectivity index (χ1) is 4.11. The molecule has 1 unspecified atom stereocenters. The Morgan fingerprint density at radius 1 is 1.56 bits per heavy atom. The maximum Gasteiger partial charge on any atom is 0.0861 e. The van der Waals surface area contributed by atoms with Crippen molar-refractivity contribution in [3.63, 3.8) is 0 Å². The number of hydrogen-bond acceptors (Lipinski definition) is 2. The van der Waals surface area contributed by atoms with Crippen LogP contribution in [0.3, 0.4) is 0 Å². The lowest BCUT2D eigenvalue weighted by Gasteiger charge is -2.12. The minimum absolute atomic E-state index is 0.456. The molecule has 1 fully saturated rings. The summed E-state index contributed by atoms with van der Waals surface area (Å²) < 4.78 is 11.4. The Morgan fingerprint density at radius 3 is 2.44 bits per heavy atom. The average Bonchev–Trinajstić information content (AvgIpc) is 2.08. The van der Waals surface area contributed by atoms with Crippen molar-refractivity contribution < 1.29 is 4.57 Å². The van der Waals surface area contributed by atoms with Crippen molar-refractivity contribution >= 4 is 7.14 Å². The van der Waals surface area contributed by atoms with Gasteiger partial charge in [0.15, 0.2) is 0 Å². The van der Waals surface area contributed by atoms with Gasteiger partial charge >= 0.3 is 0 Å². The van der Waals surface area contributed by atoms with E-state index in [1.54, 1.807) is 0 Å². The minimum atomic E-state index is -1.78. The molecule has 1 atom stereocenters. The van der Waals surface area contributed by atoms with Crippen LogP contribution in [0.25, 0.3) is 0 Å². The zero-order valence-electron chi connectivity index (χ0n) is 6.05. The number of hydrogen-bond donors (Lipinski definition) is 1. The summed E-state index contributed by atoms with van der Waals surface area (Å²) in [5.41, 5.74) is 0.456. The Morgan fingerprint density at radius 2 is 2.22 bits per heavy atom. The van der Waals surface area contributed by atoms with Crippen molar-refractivity contribution in [1.82, 2.24) is 5.32 Å². The fourth-order valence-electron chi connectivity index (χ4n) is 1.17. The van der Waals surface area contributed by atoms with Crippen LogP contribution in [0.4, 0.5) is 0 Å². The highest BCUT2D eigenvalue weighted by atomic mass is 31.2. The van der Waals surface area contributed by atoms with E-state index in [4.69, 9.17) is 0 Å². The van der Waals surface area contributed by atoms with Crippen molar-refractivity contribution in [1.29, 1.82) is 0 Å². The molecule has 0 aromatic rings. The Labute approximate surface area is 56.4 Å². The summed E-state index contributed by atoms with van der Waals surface area (Å²) in [4.78, 5) is 0. The van der Waals surface area contributed by atoms with Gasteiger partial charge in [-0.25, -0.2) is 0 Å². The van der Waals surface area contributed by atoms with E-state index in [0.717, 1.165) is 19.5 Å². The standard InChI is InChI=1S/C6H14NOP/c1-9(2,8)6-3-4-7-5-6/h6-7H,3-5H2,1-2H3. The van der Waals surface area contributed by atoms with Crippen LogP contribution in [0.5, 0.6) is 0 Å². The summed E-state index contributed by atoms with van der Waals surface area (Å²) in [6.07, 6.45) is 1.10. The lowest BCUT2D eigenvalue weighted by Crippen LogP contribution is -2.12. The van der Waals surface area contributed by atoms with E-state index in [0.29, 0.717) is 5.66 Å². The largest absolute Gasteiger partial charge is 0.324 e. The summed E-state index contributed by atoms with van der Waals surface area (Å²) >= 11 is 0. The van der Waals surface area contributed by atoms with Gasteiger partial charge in [0.25, 0.3) is 0 Å². The zero-order valence-corrected chi connectivity index (χ0v) is 6.95. The topological polar surface area (TPSA) is 29.1 Å². The van der Waals surface area contributed by atoms with Gasteiger partial charge in [-0.2, -0.15) is 0 Å². The van der Waals surface area contributed by atoms with E-state index < -0.39 is 7.14 Å². The van der Waals surface area contributed by atoms with Crippen LogP contribution in [-0.4, -0.2) is 32.1 Å². The molecule has 0 radical (unpaired) electrons. The van der Waals surface area contributed by atoms with Crippen LogP contribution in [0, 0.1) is 0 Å². The minimum Gasteiger partial charge on any atom is -0.324 e. The van der Waals surface area contributed by atoms with Crippen molar-refractivity contribution in [2.24, 2.45) is 0 Å².